The summed E-state index contributed by atoms with van der Waals surface area (Å²) in [4.78, 5) is 10.3. The number of carboxylic acids is 1. The van der Waals surface area contributed by atoms with E-state index >= 15 is 0 Å². The van der Waals surface area contributed by atoms with Crippen molar-refractivity contribution in [3.63, 3.8) is 0 Å². The van der Waals surface area contributed by atoms with Gasteiger partial charge < -0.3 is 10.4 Å². The number of hydrogen-bond donors (Lipinski definition) is 2. The Bertz CT molecular complexity index is 429. The Hall–Kier alpha value is -1.17. The van der Waals surface area contributed by atoms with Gasteiger partial charge in [-0.3, -0.25) is 4.79 Å². The Morgan fingerprint density at radius 3 is 2.89 bits per heavy atom. The van der Waals surface area contributed by atoms with Crippen LogP contribution in [0.2, 0.25) is 0 Å². The third kappa shape index (κ3) is 4.60. The third-order valence-electron chi connectivity index (χ3n) is 2.83. The molecule has 1 rings (SSSR count). The predicted molar refractivity (Wildman–Crippen MR) is 64.2 cm³/mol. The zero-order valence-corrected chi connectivity index (χ0v) is 10.8. The number of hydrogen-bond acceptors (Lipinski definition) is 5. The molecule has 0 amide bonds. The molecule has 0 aromatic carbocycles. The van der Waals surface area contributed by atoms with Crippen LogP contribution in [0.15, 0.2) is 0 Å². The smallest absolute Gasteiger partial charge is 0.317 e. The van der Waals surface area contributed by atoms with Gasteiger partial charge in [0.2, 0.25) is 10.0 Å². The number of carbonyl (C=O) groups is 1. The number of carboxylic acid groups (broad SMARTS) is 1. The molecule has 1 fully saturated rings. The van der Waals surface area contributed by atoms with Crippen molar-refractivity contribution in [3.8, 4) is 6.07 Å². The molecule has 0 radical (unpaired) electrons. The molecule has 2 N–H and O–H groups in total. The minimum Gasteiger partial charge on any atom is -0.480 e. The van der Waals surface area contributed by atoms with Crippen molar-refractivity contribution in [3.05, 3.63) is 0 Å². The molecule has 1 unspecified atom stereocenters. The standard InChI is InChI=1S/C10H17N3O4S/c11-3-5-18(16,17)13-4-1-2-9(8-13)6-12-7-10(14)15/h9,12H,1-2,4-8H2,(H,14,15). The third-order valence-corrected chi connectivity index (χ3v) is 4.44. The van der Waals surface area contributed by atoms with Crippen LogP contribution in [0.1, 0.15) is 12.8 Å². The summed E-state index contributed by atoms with van der Waals surface area (Å²) in [5, 5.41) is 19.7. The van der Waals surface area contributed by atoms with Crippen molar-refractivity contribution in [2.24, 2.45) is 5.92 Å². The number of sulfonamides is 1. The average molecular weight is 275 g/mol. The summed E-state index contributed by atoms with van der Waals surface area (Å²) in [7, 11) is -3.48. The highest BCUT2D eigenvalue weighted by molar-refractivity contribution is 7.89. The van der Waals surface area contributed by atoms with Crippen LogP contribution in [-0.2, 0) is 14.8 Å². The molecule has 1 aliphatic heterocycles. The van der Waals surface area contributed by atoms with Gasteiger partial charge in [0.25, 0.3) is 0 Å². The monoisotopic (exact) mass is 275 g/mol. The number of aliphatic carboxylic acids is 1. The van der Waals surface area contributed by atoms with E-state index in [-0.39, 0.29) is 12.5 Å². The maximum absolute atomic E-state index is 11.7. The first kappa shape index (κ1) is 14.9. The van der Waals surface area contributed by atoms with E-state index in [4.69, 9.17) is 10.4 Å². The molecule has 0 bridgehead atoms. The lowest BCUT2D eigenvalue weighted by Gasteiger charge is -2.31. The quantitative estimate of drug-likeness (QED) is 0.658. The molecular weight excluding hydrogens is 258 g/mol. The first-order valence-corrected chi connectivity index (χ1v) is 7.34. The molecule has 1 saturated heterocycles. The van der Waals surface area contributed by atoms with Crippen molar-refractivity contribution < 1.29 is 18.3 Å². The van der Waals surface area contributed by atoms with E-state index in [0.717, 1.165) is 12.8 Å². The van der Waals surface area contributed by atoms with Crippen LogP contribution in [0.3, 0.4) is 0 Å². The number of nitrogens with zero attached hydrogens (tertiary/aromatic N) is 2. The van der Waals surface area contributed by atoms with E-state index in [1.165, 1.54) is 4.31 Å². The Kier molecular flexibility index (Phi) is 5.53. The lowest BCUT2D eigenvalue weighted by atomic mass is 10.00. The fraction of sp³-hybridized carbons (Fsp3) is 0.800. The van der Waals surface area contributed by atoms with Crippen LogP contribution in [-0.4, -0.2) is 55.7 Å². The molecule has 0 spiro atoms. The van der Waals surface area contributed by atoms with Crippen molar-refractivity contribution in [2.45, 2.75) is 12.8 Å². The molecule has 1 heterocycles. The van der Waals surface area contributed by atoms with Gasteiger partial charge in [0.1, 0.15) is 0 Å². The molecule has 8 heteroatoms. The van der Waals surface area contributed by atoms with Gasteiger partial charge in [-0.15, -0.1) is 0 Å². The average Bonchev–Trinajstić information content (AvgIpc) is 2.29. The summed E-state index contributed by atoms with van der Waals surface area (Å²) in [5.74, 6) is -1.33. The van der Waals surface area contributed by atoms with Crippen LogP contribution in [0, 0.1) is 17.2 Å². The van der Waals surface area contributed by atoms with Gasteiger partial charge in [0.05, 0.1) is 12.6 Å². The zero-order valence-electron chi connectivity index (χ0n) is 10.0. The highest BCUT2D eigenvalue weighted by Gasteiger charge is 2.28. The summed E-state index contributed by atoms with van der Waals surface area (Å²) in [5.41, 5.74) is 0. The van der Waals surface area contributed by atoms with Crippen molar-refractivity contribution in [2.75, 3.05) is 31.9 Å². The lowest BCUT2D eigenvalue weighted by Crippen LogP contribution is -2.44. The molecule has 18 heavy (non-hydrogen) atoms. The summed E-state index contributed by atoms with van der Waals surface area (Å²) in [6, 6.07) is 1.66. The Balaban J connectivity index is 2.46. The number of nitrogens with one attached hydrogen (secondary N) is 1. The Morgan fingerprint density at radius 1 is 1.56 bits per heavy atom. The summed E-state index contributed by atoms with van der Waals surface area (Å²) < 4.78 is 24.7. The maximum Gasteiger partial charge on any atom is 0.317 e. The van der Waals surface area contributed by atoms with E-state index in [2.05, 4.69) is 5.32 Å². The van der Waals surface area contributed by atoms with Crippen LogP contribution < -0.4 is 5.32 Å². The molecule has 7 nitrogen and oxygen atoms in total. The molecule has 0 aromatic heterocycles. The van der Waals surface area contributed by atoms with Gasteiger partial charge >= 0.3 is 5.97 Å². The minimum atomic E-state index is -3.48. The van der Waals surface area contributed by atoms with Gasteiger partial charge in [-0.05, 0) is 25.3 Å². The fourth-order valence-electron chi connectivity index (χ4n) is 2.00. The first-order valence-electron chi connectivity index (χ1n) is 5.73. The number of piperidine rings is 1. The van der Waals surface area contributed by atoms with Crippen LogP contribution >= 0.6 is 0 Å². The van der Waals surface area contributed by atoms with E-state index < -0.39 is 21.7 Å². The number of nitriles is 1. The second-order valence-corrected chi connectivity index (χ2v) is 6.27. The Morgan fingerprint density at radius 2 is 2.28 bits per heavy atom. The van der Waals surface area contributed by atoms with Gasteiger partial charge in [0, 0.05) is 13.1 Å². The normalized spacial score (nSPS) is 21.4. The highest BCUT2D eigenvalue weighted by atomic mass is 32.2. The van der Waals surface area contributed by atoms with Gasteiger partial charge in [-0.1, -0.05) is 0 Å². The Labute approximate surface area is 106 Å². The molecular formula is C10H17N3O4S. The summed E-state index contributed by atoms with van der Waals surface area (Å²) in [6.45, 7) is 1.16. The first-order chi connectivity index (χ1) is 8.45. The zero-order chi connectivity index (χ0) is 13.6. The van der Waals surface area contributed by atoms with Gasteiger partial charge in [0.15, 0.2) is 5.75 Å². The van der Waals surface area contributed by atoms with Crippen molar-refractivity contribution >= 4 is 16.0 Å². The summed E-state index contributed by atoms with van der Waals surface area (Å²) in [6.07, 6.45) is 1.61. The largest absolute Gasteiger partial charge is 0.480 e. The second-order valence-electron chi connectivity index (χ2n) is 4.31. The predicted octanol–water partition coefficient (Wildman–Crippen LogP) is -0.774. The fourth-order valence-corrected chi connectivity index (χ4v) is 3.19. The van der Waals surface area contributed by atoms with Crippen molar-refractivity contribution in [1.82, 2.24) is 9.62 Å². The van der Waals surface area contributed by atoms with Crippen LogP contribution in [0.5, 0.6) is 0 Å². The van der Waals surface area contributed by atoms with Gasteiger partial charge in [-0.2, -0.15) is 5.26 Å². The van der Waals surface area contributed by atoms with Gasteiger partial charge in [-0.25, -0.2) is 12.7 Å². The van der Waals surface area contributed by atoms with Crippen LogP contribution in [0.4, 0.5) is 0 Å². The maximum atomic E-state index is 11.7. The highest BCUT2D eigenvalue weighted by Crippen LogP contribution is 2.18. The molecule has 102 valence electrons. The van der Waals surface area contributed by atoms with E-state index in [1.807, 2.05) is 0 Å². The SMILES string of the molecule is N#CCS(=O)(=O)N1CCCC(CNCC(=O)O)C1. The lowest BCUT2D eigenvalue weighted by molar-refractivity contribution is -0.136. The number of rotatable bonds is 6. The van der Waals surface area contributed by atoms with E-state index in [1.54, 1.807) is 6.07 Å². The minimum absolute atomic E-state index is 0.103. The summed E-state index contributed by atoms with van der Waals surface area (Å²) >= 11 is 0. The van der Waals surface area contributed by atoms with Crippen LogP contribution in [0.25, 0.3) is 0 Å². The van der Waals surface area contributed by atoms with E-state index in [9.17, 15) is 13.2 Å². The molecule has 1 aliphatic rings. The van der Waals surface area contributed by atoms with Crippen molar-refractivity contribution in [1.29, 1.82) is 5.26 Å². The second kappa shape index (κ2) is 6.68. The molecule has 0 aromatic rings. The molecule has 1 atom stereocenters. The topological polar surface area (TPSA) is 111 Å². The molecule has 0 saturated carbocycles. The molecule has 0 aliphatic carbocycles. The van der Waals surface area contributed by atoms with E-state index in [0.29, 0.717) is 19.6 Å².